The van der Waals surface area contributed by atoms with Gasteiger partial charge in [-0.25, -0.2) is 14.8 Å². The topological polar surface area (TPSA) is 73.4 Å². The number of nitrogens with one attached hydrogen (secondary N) is 2. The van der Waals surface area contributed by atoms with E-state index in [1.54, 1.807) is 30.3 Å². The first kappa shape index (κ1) is 19.0. The van der Waals surface area contributed by atoms with Crippen LogP contribution in [0.15, 0.2) is 67.0 Å². The second-order valence-corrected chi connectivity index (χ2v) is 7.10. The lowest BCUT2D eigenvalue weighted by Gasteiger charge is -2.36. The molecule has 0 saturated carbocycles. The minimum absolute atomic E-state index is 0.384. The van der Waals surface area contributed by atoms with Gasteiger partial charge in [0.2, 0.25) is 0 Å². The number of para-hydroxylation sites is 1. The predicted octanol–water partition coefficient (Wildman–Crippen LogP) is 4.10. The van der Waals surface area contributed by atoms with Crippen LogP contribution in [0.5, 0.6) is 0 Å². The number of hydrogen-bond acceptors (Lipinski definition) is 5. The van der Waals surface area contributed by atoms with Crippen molar-refractivity contribution in [1.82, 2.24) is 9.97 Å². The third-order valence-electron chi connectivity index (χ3n) is 4.70. The average molecular weight is 409 g/mol. The van der Waals surface area contributed by atoms with E-state index in [4.69, 9.17) is 11.6 Å². The molecule has 1 aliphatic rings. The highest BCUT2D eigenvalue weighted by molar-refractivity contribution is 6.30. The zero-order chi connectivity index (χ0) is 20.1. The molecule has 3 aromatic rings. The average Bonchev–Trinajstić information content (AvgIpc) is 2.75. The van der Waals surface area contributed by atoms with Gasteiger partial charge in [-0.2, -0.15) is 0 Å². The number of piperazine rings is 1. The third-order valence-corrected chi connectivity index (χ3v) is 4.94. The van der Waals surface area contributed by atoms with Gasteiger partial charge in [0.15, 0.2) is 0 Å². The Bertz CT molecular complexity index is 976. The van der Waals surface area contributed by atoms with E-state index < -0.39 is 0 Å². The van der Waals surface area contributed by atoms with Crippen LogP contribution in [0.3, 0.4) is 0 Å². The SMILES string of the molecule is O=C(Nc1cccc(Cl)c1)Nc1cc(N2CCN(c3ccccc3)CC2)ncn1. The molecule has 1 aliphatic heterocycles. The fraction of sp³-hybridized carbons (Fsp3) is 0.190. The van der Waals surface area contributed by atoms with Gasteiger partial charge in [-0.15, -0.1) is 0 Å². The highest BCUT2D eigenvalue weighted by Crippen LogP contribution is 2.20. The molecule has 7 nitrogen and oxygen atoms in total. The number of halogens is 1. The molecule has 1 aromatic heterocycles. The minimum atomic E-state index is -0.384. The van der Waals surface area contributed by atoms with Gasteiger partial charge < -0.3 is 15.1 Å². The number of carbonyl (C=O) groups is 1. The van der Waals surface area contributed by atoms with E-state index in [-0.39, 0.29) is 6.03 Å². The van der Waals surface area contributed by atoms with Crippen molar-refractivity contribution in [2.75, 3.05) is 46.6 Å². The Balaban J connectivity index is 1.36. The summed E-state index contributed by atoms with van der Waals surface area (Å²) in [6, 6.07) is 18.8. The molecule has 4 rings (SSSR count). The highest BCUT2D eigenvalue weighted by atomic mass is 35.5. The number of rotatable bonds is 4. The Kier molecular flexibility index (Phi) is 5.76. The number of aromatic nitrogens is 2. The van der Waals surface area contributed by atoms with E-state index in [2.05, 4.69) is 54.7 Å². The van der Waals surface area contributed by atoms with Gasteiger partial charge in [-0.1, -0.05) is 35.9 Å². The fourth-order valence-electron chi connectivity index (χ4n) is 3.27. The van der Waals surface area contributed by atoms with E-state index in [9.17, 15) is 4.79 Å². The van der Waals surface area contributed by atoms with Crippen molar-refractivity contribution in [1.29, 1.82) is 0 Å². The normalized spacial score (nSPS) is 13.8. The third kappa shape index (κ3) is 4.94. The molecule has 0 spiro atoms. The van der Waals surface area contributed by atoms with Gasteiger partial charge in [0.1, 0.15) is 18.0 Å². The summed E-state index contributed by atoms with van der Waals surface area (Å²) in [7, 11) is 0. The first-order chi connectivity index (χ1) is 14.2. The number of anilines is 4. The van der Waals surface area contributed by atoms with Crippen molar-refractivity contribution in [3.8, 4) is 0 Å². The molecule has 148 valence electrons. The number of nitrogens with zero attached hydrogens (tertiary/aromatic N) is 4. The standard InChI is InChI=1S/C21H21ClN6O/c22-16-5-4-6-17(13-16)25-21(29)26-19-14-20(24-15-23-19)28-11-9-27(10-12-28)18-7-2-1-3-8-18/h1-8,13-15H,9-12H2,(H2,23,24,25,26,29). The zero-order valence-corrected chi connectivity index (χ0v) is 16.5. The van der Waals surface area contributed by atoms with Crippen molar-refractivity contribution in [2.24, 2.45) is 0 Å². The highest BCUT2D eigenvalue weighted by Gasteiger charge is 2.19. The summed E-state index contributed by atoms with van der Waals surface area (Å²) in [5.41, 5.74) is 1.84. The van der Waals surface area contributed by atoms with Crippen molar-refractivity contribution >= 4 is 40.6 Å². The summed E-state index contributed by atoms with van der Waals surface area (Å²) in [6.45, 7) is 3.51. The fourth-order valence-corrected chi connectivity index (χ4v) is 3.46. The van der Waals surface area contributed by atoms with Crippen LogP contribution >= 0.6 is 11.6 Å². The van der Waals surface area contributed by atoms with Gasteiger partial charge in [-0.05, 0) is 30.3 Å². The predicted molar refractivity (Wildman–Crippen MR) is 117 cm³/mol. The number of amides is 2. The molecule has 0 atom stereocenters. The second kappa shape index (κ2) is 8.79. The van der Waals surface area contributed by atoms with Crippen molar-refractivity contribution in [2.45, 2.75) is 0 Å². The van der Waals surface area contributed by atoms with Crippen LogP contribution < -0.4 is 20.4 Å². The Morgan fingerprint density at radius 3 is 2.38 bits per heavy atom. The molecule has 0 aliphatic carbocycles. The molecule has 2 heterocycles. The molecule has 2 aromatic carbocycles. The summed E-state index contributed by atoms with van der Waals surface area (Å²) in [6.07, 6.45) is 1.47. The molecule has 1 fully saturated rings. The first-order valence-electron chi connectivity index (χ1n) is 9.38. The van der Waals surface area contributed by atoms with Crippen molar-refractivity contribution in [3.63, 3.8) is 0 Å². The van der Waals surface area contributed by atoms with E-state index in [0.29, 0.717) is 16.5 Å². The van der Waals surface area contributed by atoms with E-state index in [0.717, 1.165) is 32.0 Å². The van der Waals surface area contributed by atoms with Gasteiger partial charge in [0, 0.05) is 48.6 Å². The summed E-state index contributed by atoms with van der Waals surface area (Å²) < 4.78 is 0. The number of benzene rings is 2. The Labute approximate surface area is 174 Å². The summed E-state index contributed by atoms with van der Waals surface area (Å²) in [5, 5.41) is 6.04. The van der Waals surface area contributed by atoms with E-state index in [1.165, 1.54) is 12.0 Å². The van der Waals surface area contributed by atoms with Crippen LogP contribution in [0.4, 0.5) is 27.8 Å². The van der Waals surface area contributed by atoms with Crippen LogP contribution in [0.1, 0.15) is 0 Å². The Morgan fingerprint density at radius 2 is 1.62 bits per heavy atom. The molecule has 1 saturated heterocycles. The quantitative estimate of drug-likeness (QED) is 0.679. The Morgan fingerprint density at radius 1 is 0.862 bits per heavy atom. The van der Waals surface area contributed by atoms with Crippen LogP contribution in [0, 0.1) is 0 Å². The molecule has 2 N–H and O–H groups in total. The smallest absolute Gasteiger partial charge is 0.324 e. The van der Waals surface area contributed by atoms with Crippen LogP contribution in [-0.2, 0) is 0 Å². The van der Waals surface area contributed by atoms with Gasteiger partial charge in [0.05, 0.1) is 0 Å². The van der Waals surface area contributed by atoms with Crippen LogP contribution in [0.2, 0.25) is 5.02 Å². The maximum Gasteiger partial charge on any atom is 0.324 e. The summed E-state index contributed by atoms with van der Waals surface area (Å²) in [5.74, 6) is 1.24. The largest absolute Gasteiger partial charge is 0.368 e. The lowest BCUT2D eigenvalue weighted by molar-refractivity contribution is 0.262. The molecule has 0 bridgehead atoms. The maximum atomic E-state index is 12.2. The Hall–Kier alpha value is -3.32. The lowest BCUT2D eigenvalue weighted by Crippen LogP contribution is -2.46. The van der Waals surface area contributed by atoms with Gasteiger partial charge in [0.25, 0.3) is 0 Å². The van der Waals surface area contributed by atoms with Crippen LogP contribution in [0.25, 0.3) is 0 Å². The number of carbonyl (C=O) groups excluding carboxylic acids is 1. The zero-order valence-electron chi connectivity index (χ0n) is 15.8. The van der Waals surface area contributed by atoms with E-state index in [1.807, 2.05) is 6.07 Å². The monoisotopic (exact) mass is 408 g/mol. The molecule has 0 radical (unpaired) electrons. The summed E-state index contributed by atoms with van der Waals surface area (Å²) in [4.78, 5) is 25.3. The molecule has 8 heteroatoms. The maximum absolute atomic E-state index is 12.2. The number of hydrogen-bond donors (Lipinski definition) is 2. The molecule has 2 amide bonds. The van der Waals surface area contributed by atoms with Gasteiger partial charge >= 0.3 is 6.03 Å². The van der Waals surface area contributed by atoms with Gasteiger partial charge in [-0.3, -0.25) is 5.32 Å². The molecular formula is C21H21ClN6O. The molecule has 29 heavy (non-hydrogen) atoms. The van der Waals surface area contributed by atoms with Crippen molar-refractivity contribution in [3.05, 3.63) is 72.0 Å². The number of urea groups is 1. The van der Waals surface area contributed by atoms with Crippen LogP contribution in [-0.4, -0.2) is 42.2 Å². The minimum Gasteiger partial charge on any atom is -0.368 e. The van der Waals surface area contributed by atoms with E-state index >= 15 is 0 Å². The molecule has 0 unspecified atom stereocenters. The summed E-state index contributed by atoms with van der Waals surface area (Å²) >= 11 is 5.94. The van der Waals surface area contributed by atoms with Crippen molar-refractivity contribution < 1.29 is 4.79 Å². The molecular weight excluding hydrogens is 388 g/mol. The lowest BCUT2D eigenvalue weighted by atomic mass is 10.2. The first-order valence-corrected chi connectivity index (χ1v) is 9.76. The second-order valence-electron chi connectivity index (χ2n) is 6.66.